The van der Waals surface area contributed by atoms with E-state index in [1.165, 1.54) is 10.6 Å². The Balaban J connectivity index is 1.28. The highest BCUT2D eigenvalue weighted by atomic mass is 19.4. The summed E-state index contributed by atoms with van der Waals surface area (Å²) < 4.78 is 62.3. The van der Waals surface area contributed by atoms with E-state index in [0.717, 1.165) is 5.57 Å². The highest BCUT2D eigenvalue weighted by Crippen LogP contribution is 2.33. The minimum Gasteiger partial charge on any atom is -0.444 e. The number of nitrogen functional groups attached to an aromatic ring is 1. The Morgan fingerprint density at radius 1 is 1.07 bits per heavy atom. The van der Waals surface area contributed by atoms with E-state index in [2.05, 4.69) is 15.3 Å². The number of alkyl halides is 3. The molecule has 0 radical (unpaired) electrons. The third-order valence-electron chi connectivity index (χ3n) is 7.23. The maximum Gasteiger partial charge on any atom is 0.416 e. The second kappa shape index (κ2) is 10.9. The zero-order valence-electron chi connectivity index (χ0n) is 25.1. The van der Waals surface area contributed by atoms with E-state index in [1.807, 2.05) is 38.2 Å². The van der Waals surface area contributed by atoms with E-state index < -0.39 is 34.8 Å². The van der Waals surface area contributed by atoms with Crippen molar-refractivity contribution in [1.29, 1.82) is 0 Å². The van der Waals surface area contributed by atoms with Gasteiger partial charge in [0.05, 0.1) is 29.3 Å². The molecule has 4 aromatic heterocycles. The summed E-state index contributed by atoms with van der Waals surface area (Å²) in [6.07, 6.45) is 1.23. The quantitative estimate of drug-likeness (QED) is 0.232. The van der Waals surface area contributed by atoms with Crippen LogP contribution in [0.5, 0.6) is 0 Å². The topological polar surface area (TPSA) is 132 Å². The SMILES string of the molecule is Cc1nc(-c2ccn3c(C(=O)Nc4cc(C(F)(F)F)ccc4F)cnc3c2)c2c(N)ncc(C=C3CN(C(=O)OC(C)(C)C)C3)n12. The van der Waals surface area contributed by atoms with E-state index in [0.29, 0.717) is 65.2 Å². The van der Waals surface area contributed by atoms with Gasteiger partial charge in [-0.05, 0) is 69.7 Å². The molecule has 0 unspecified atom stereocenters. The largest absolute Gasteiger partial charge is 0.444 e. The number of anilines is 2. The average molecular weight is 637 g/mol. The van der Waals surface area contributed by atoms with E-state index in [1.54, 1.807) is 29.4 Å². The van der Waals surface area contributed by atoms with Crippen molar-refractivity contribution in [2.24, 2.45) is 0 Å². The molecule has 1 fully saturated rings. The second-order valence-corrected chi connectivity index (χ2v) is 11.8. The van der Waals surface area contributed by atoms with Crippen LogP contribution in [0, 0.1) is 12.7 Å². The average Bonchev–Trinajstić information content (AvgIpc) is 3.52. The molecule has 0 saturated carbocycles. The lowest BCUT2D eigenvalue weighted by Crippen LogP contribution is -2.46. The summed E-state index contributed by atoms with van der Waals surface area (Å²) in [6, 6.07) is 5.11. The fourth-order valence-electron chi connectivity index (χ4n) is 5.12. The van der Waals surface area contributed by atoms with Gasteiger partial charge in [-0.25, -0.2) is 24.1 Å². The molecule has 2 amide bonds. The van der Waals surface area contributed by atoms with E-state index in [4.69, 9.17) is 15.5 Å². The van der Waals surface area contributed by atoms with Crippen LogP contribution in [-0.4, -0.2) is 59.3 Å². The molecule has 0 bridgehead atoms. The number of imidazole rings is 2. The minimum absolute atomic E-state index is 0.0275. The highest BCUT2D eigenvalue weighted by molar-refractivity contribution is 6.03. The number of aryl methyl sites for hydroxylation is 1. The molecule has 6 rings (SSSR count). The van der Waals surface area contributed by atoms with Crippen molar-refractivity contribution in [3.8, 4) is 11.3 Å². The molecule has 0 aliphatic carbocycles. The molecule has 5 aromatic rings. The molecule has 1 aliphatic rings. The zero-order valence-corrected chi connectivity index (χ0v) is 25.1. The number of likely N-dealkylation sites (tertiary alicyclic amines) is 1. The lowest BCUT2D eigenvalue weighted by molar-refractivity contribution is -0.137. The number of benzene rings is 1. The normalized spacial score (nSPS) is 13.7. The van der Waals surface area contributed by atoms with Gasteiger partial charge in [-0.1, -0.05) is 0 Å². The van der Waals surface area contributed by atoms with E-state index >= 15 is 0 Å². The predicted octanol–water partition coefficient (Wildman–Crippen LogP) is 5.98. The van der Waals surface area contributed by atoms with Gasteiger partial charge < -0.3 is 20.7 Å². The number of nitrogens with one attached hydrogen (secondary N) is 1. The zero-order chi connectivity index (χ0) is 33.1. The molecule has 15 heteroatoms. The molecule has 3 N–H and O–H groups in total. The molecular formula is C31H28F4N8O3. The summed E-state index contributed by atoms with van der Waals surface area (Å²) in [5.41, 5.74) is 7.68. The summed E-state index contributed by atoms with van der Waals surface area (Å²) in [7, 11) is 0. The van der Waals surface area contributed by atoms with Gasteiger partial charge in [0.1, 0.15) is 45.6 Å². The van der Waals surface area contributed by atoms with Crippen LogP contribution in [0.3, 0.4) is 0 Å². The number of aromatic nitrogens is 5. The Kier molecular flexibility index (Phi) is 7.21. The number of fused-ring (bicyclic) bond motifs is 2. The van der Waals surface area contributed by atoms with Crippen LogP contribution in [-0.2, 0) is 10.9 Å². The fourth-order valence-corrected chi connectivity index (χ4v) is 5.12. The van der Waals surface area contributed by atoms with Crippen molar-refractivity contribution >= 4 is 40.7 Å². The number of halogens is 4. The number of pyridine rings is 1. The van der Waals surface area contributed by atoms with Gasteiger partial charge in [0.15, 0.2) is 0 Å². The Bertz CT molecular complexity index is 2070. The molecule has 238 valence electrons. The summed E-state index contributed by atoms with van der Waals surface area (Å²) in [5.74, 6) is -1.01. The van der Waals surface area contributed by atoms with Gasteiger partial charge in [0.25, 0.3) is 5.91 Å². The molecule has 5 heterocycles. The van der Waals surface area contributed by atoms with Gasteiger partial charge in [-0.3, -0.25) is 13.6 Å². The lowest BCUT2D eigenvalue weighted by Gasteiger charge is -2.35. The Labute approximate surface area is 259 Å². The number of nitrogens with two attached hydrogens (primary N) is 1. The molecule has 46 heavy (non-hydrogen) atoms. The van der Waals surface area contributed by atoms with Crippen LogP contribution in [0.25, 0.3) is 28.5 Å². The highest BCUT2D eigenvalue weighted by Gasteiger charge is 2.32. The summed E-state index contributed by atoms with van der Waals surface area (Å²) >= 11 is 0. The summed E-state index contributed by atoms with van der Waals surface area (Å²) in [5, 5.41) is 2.20. The number of amides is 2. The smallest absolute Gasteiger partial charge is 0.416 e. The van der Waals surface area contributed by atoms with Crippen LogP contribution < -0.4 is 11.1 Å². The summed E-state index contributed by atoms with van der Waals surface area (Å²) in [6.45, 7) is 8.07. The first-order valence-corrected chi connectivity index (χ1v) is 14.1. The number of rotatable bonds is 4. The van der Waals surface area contributed by atoms with Crippen molar-refractivity contribution in [3.05, 3.63) is 83.1 Å². The first kappa shape index (κ1) is 30.6. The van der Waals surface area contributed by atoms with Crippen LogP contribution in [0.1, 0.15) is 48.3 Å². The van der Waals surface area contributed by atoms with Gasteiger partial charge in [-0.2, -0.15) is 13.2 Å². The van der Waals surface area contributed by atoms with Crippen molar-refractivity contribution in [2.75, 3.05) is 24.1 Å². The first-order valence-electron chi connectivity index (χ1n) is 14.1. The number of carbonyl (C=O) groups is 2. The molecule has 1 aliphatic heterocycles. The van der Waals surface area contributed by atoms with E-state index in [9.17, 15) is 27.2 Å². The number of hydrogen-bond donors (Lipinski definition) is 2. The number of nitrogens with zero attached hydrogens (tertiary/aromatic N) is 6. The van der Waals surface area contributed by atoms with Crippen molar-refractivity contribution in [3.63, 3.8) is 0 Å². The van der Waals surface area contributed by atoms with Gasteiger partial charge in [-0.15, -0.1) is 0 Å². The van der Waals surface area contributed by atoms with Crippen molar-refractivity contribution < 1.29 is 31.9 Å². The number of ether oxygens (including phenoxy) is 1. The van der Waals surface area contributed by atoms with Crippen LogP contribution >= 0.6 is 0 Å². The minimum atomic E-state index is -4.71. The molecule has 0 atom stereocenters. The van der Waals surface area contributed by atoms with E-state index in [-0.39, 0.29) is 17.6 Å². The Morgan fingerprint density at radius 3 is 2.50 bits per heavy atom. The van der Waals surface area contributed by atoms with Crippen molar-refractivity contribution in [1.82, 2.24) is 28.7 Å². The maximum atomic E-state index is 14.2. The molecule has 11 nitrogen and oxygen atoms in total. The number of hydrogen-bond acceptors (Lipinski definition) is 7. The third kappa shape index (κ3) is 5.71. The predicted molar refractivity (Wildman–Crippen MR) is 161 cm³/mol. The Morgan fingerprint density at radius 2 is 1.80 bits per heavy atom. The Hall–Kier alpha value is -5.47. The molecule has 1 saturated heterocycles. The van der Waals surface area contributed by atoms with Crippen LogP contribution in [0.15, 0.2) is 54.5 Å². The molecular weight excluding hydrogens is 608 g/mol. The third-order valence-corrected chi connectivity index (χ3v) is 7.23. The van der Waals surface area contributed by atoms with Crippen LogP contribution in [0.4, 0.5) is 33.9 Å². The number of carbonyl (C=O) groups excluding carboxylic acids is 2. The monoisotopic (exact) mass is 636 g/mol. The standard InChI is InChI=1S/C31H28F4N8O3/c1-16-39-25(26-27(36)38-12-20(43(16)26)9-17-14-41(15-17)29(45)46-30(2,3)4)18-7-8-42-23(13-37-24(42)10-18)28(44)40-22-11-19(31(33,34)35)5-6-21(22)32/h5-13H,14-15H2,1-4H3,(H2,36,38)(H,40,44). The molecule has 1 aromatic carbocycles. The fraction of sp³-hybridized carbons (Fsp3) is 0.258. The molecule has 0 spiro atoms. The second-order valence-electron chi connectivity index (χ2n) is 11.8. The first-order chi connectivity index (χ1) is 21.6. The van der Waals surface area contributed by atoms with Crippen LogP contribution in [0.2, 0.25) is 0 Å². The van der Waals surface area contributed by atoms with Crippen molar-refractivity contribution in [2.45, 2.75) is 39.5 Å². The lowest BCUT2D eigenvalue weighted by atomic mass is 10.1. The maximum absolute atomic E-state index is 14.2. The van der Waals surface area contributed by atoms with Gasteiger partial charge in [0.2, 0.25) is 0 Å². The van der Waals surface area contributed by atoms with Gasteiger partial charge in [0, 0.05) is 24.8 Å². The van der Waals surface area contributed by atoms with Gasteiger partial charge >= 0.3 is 12.3 Å². The summed E-state index contributed by atoms with van der Waals surface area (Å²) in [4.78, 5) is 40.3.